The fraction of sp³-hybridized carbons (Fsp3) is 0.167. The van der Waals surface area contributed by atoms with Crippen molar-refractivity contribution in [3.05, 3.63) is 24.0 Å². The molecule has 0 atom stereocenters. The maximum atomic E-state index is 11.9. The number of hydrogen-bond acceptors (Lipinski definition) is 1. The summed E-state index contributed by atoms with van der Waals surface area (Å²) in [6.07, 6.45) is 1.17. The molecule has 0 N–H and O–H groups in total. The number of aromatic nitrogens is 1. The first-order valence-corrected chi connectivity index (χ1v) is 2.61. The molecule has 1 heterocycles. The van der Waals surface area contributed by atoms with Crippen LogP contribution in [0.4, 0.5) is 8.78 Å². The van der Waals surface area contributed by atoms with Crippen LogP contribution in [0.5, 0.6) is 0 Å². The third-order valence-electron chi connectivity index (χ3n) is 1.10. The molecule has 0 saturated heterocycles. The molecular formula is C6H4F2N2. The highest BCUT2D eigenvalue weighted by Gasteiger charge is 2.07. The third kappa shape index (κ3) is 0.982. The molecule has 0 unspecified atom stereocenters. The predicted molar refractivity (Wildman–Crippen MR) is 30.4 cm³/mol. The van der Waals surface area contributed by atoms with Gasteiger partial charge in [-0.15, -0.1) is 0 Å². The lowest BCUT2D eigenvalue weighted by atomic mass is 10.5. The van der Waals surface area contributed by atoms with Gasteiger partial charge in [-0.1, -0.05) is 0 Å². The van der Waals surface area contributed by atoms with Crippen LogP contribution in [0.2, 0.25) is 0 Å². The number of hydrogen-bond donors (Lipinski definition) is 0. The molecule has 10 heavy (non-hydrogen) atoms. The summed E-state index contributed by atoms with van der Waals surface area (Å²) in [6.45, 7) is -2.62. The first kappa shape index (κ1) is 6.75. The van der Waals surface area contributed by atoms with Crippen molar-refractivity contribution in [2.75, 3.05) is 0 Å². The van der Waals surface area contributed by atoms with E-state index in [9.17, 15) is 8.78 Å². The smallest absolute Gasteiger partial charge is 0.282 e. The Labute approximate surface area is 56.3 Å². The van der Waals surface area contributed by atoms with E-state index in [1.54, 1.807) is 6.07 Å². The molecule has 52 valence electrons. The van der Waals surface area contributed by atoms with E-state index >= 15 is 0 Å². The monoisotopic (exact) mass is 142 g/mol. The van der Waals surface area contributed by atoms with Gasteiger partial charge in [0.25, 0.3) is 0 Å². The van der Waals surface area contributed by atoms with Gasteiger partial charge in [0.1, 0.15) is 11.8 Å². The summed E-state index contributed by atoms with van der Waals surface area (Å²) in [5.74, 6) is 0. The van der Waals surface area contributed by atoms with Crippen molar-refractivity contribution in [3.63, 3.8) is 0 Å². The molecule has 1 aromatic heterocycles. The van der Waals surface area contributed by atoms with E-state index in [0.717, 1.165) is 0 Å². The Morgan fingerprint density at radius 1 is 1.60 bits per heavy atom. The average molecular weight is 142 g/mol. The molecule has 0 amide bonds. The van der Waals surface area contributed by atoms with Gasteiger partial charge in [-0.2, -0.15) is 14.0 Å². The van der Waals surface area contributed by atoms with Crippen molar-refractivity contribution in [2.45, 2.75) is 6.55 Å². The minimum Gasteiger partial charge on any atom is -0.282 e. The molecule has 0 bridgehead atoms. The van der Waals surface area contributed by atoms with Gasteiger partial charge in [-0.3, -0.25) is 4.57 Å². The number of halogens is 2. The van der Waals surface area contributed by atoms with Crippen molar-refractivity contribution in [3.8, 4) is 6.07 Å². The molecule has 0 fully saturated rings. The molecule has 0 aromatic carbocycles. The van der Waals surface area contributed by atoms with Crippen molar-refractivity contribution >= 4 is 0 Å². The summed E-state index contributed by atoms with van der Waals surface area (Å²) >= 11 is 0. The summed E-state index contributed by atoms with van der Waals surface area (Å²) in [5.41, 5.74) is -0.0185. The van der Waals surface area contributed by atoms with E-state index in [1.165, 1.54) is 18.3 Å². The second-order valence-electron chi connectivity index (χ2n) is 1.69. The number of nitrogens with zero attached hydrogens (tertiary/aromatic N) is 2. The Balaban J connectivity index is 3.05. The highest BCUT2D eigenvalue weighted by molar-refractivity contribution is 5.21. The Morgan fingerprint density at radius 2 is 2.30 bits per heavy atom. The zero-order valence-electron chi connectivity index (χ0n) is 4.96. The van der Waals surface area contributed by atoms with Crippen LogP contribution in [0, 0.1) is 11.3 Å². The van der Waals surface area contributed by atoms with Gasteiger partial charge in [0.15, 0.2) is 0 Å². The SMILES string of the molecule is N#Cc1cccn1C(F)F. The van der Waals surface area contributed by atoms with Gasteiger partial charge >= 0.3 is 6.55 Å². The van der Waals surface area contributed by atoms with Crippen LogP contribution in [-0.4, -0.2) is 4.57 Å². The fourth-order valence-electron chi connectivity index (χ4n) is 0.658. The molecule has 0 aliphatic rings. The van der Waals surface area contributed by atoms with Crippen LogP contribution in [0.1, 0.15) is 12.2 Å². The molecule has 0 aliphatic carbocycles. The van der Waals surface area contributed by atoms with Gasteiger partial charge in [-0.25, -0.2) is 0 Å². The summed E-state index contributed by atoms with van der Waals surface area (Å²) in [7, 11) is 0. The highest BCUT2D eigenvalue weighted by atomic mass is 19.3. The zero-order chi connectivity index (χ0) is 7.56. The van der Waals surface area contributed by atoms with Gasteiger partial charge in [0.05, 0.1) is 0 Å². The summed E-state index contributed by atoms with van der Waals surface area (Å²) in [6, 6.07) is 4.39. The average Bonchev–Trinajstić information content (AvgIpc) is 2.33. The van der Waals surface area contributed by atoms with E-state index in [2.05, 4.69) is 0 Å². The maximum Gasteiger partial charge on any atom is 0.319 e. The van der Waals surface area contributed by atoms with Crippen LogP contribution >= 0.6 is 0 Å². The predicted octanol–water partition coefficient (Wildman–Crippen LogP) is 1.75. The number of alkyl halides is 2. The highest BCUT2D eigenvalue weighted by Crippen LogP contribution is 2.12. The number of nitriles is 1. The van der Waals surface area contributed by atoms with Crippen LogP contribution in [0.25, 0.3) is 0 Å². The lowest BCUT2D eigenvalue weighted by molar-refractivity contribution is 0.0698. The molecule has 0 aliphatic heterocycles. The van der Waals surface area contributed by atoms with Crippen LogP contribution < -0.4 is 0 Å². The Bertz CT molecular complexity index is 259. The topological polar surface area (TPSA) is 28.7 Å². The van der Waals surface area contributed by atoms with E-state index in [1.807, 2.05) is 0 Å². The first-order valence-electron chi connectivity index (χ1n) is 2.61. The van der Waals surface area contributed by atoms with Crippen molar-refractivity contribution in [2.24, 2.45) is 0 Å². The lowest BCUT2D eigenvalue weighted by Crippen LogP contribution is -1.97. The van der Waals surface area contributed by atoms with E-state index < -0.39 is 6.55 Å². The Morgan fingerprint density at radius 3 is 2.70 bits per heavy atom. The molecule has 4 heteroatoms. The lowest BCUT2D eigenvalue weighted by Gasteiger charge is -1.99. The minimum absolute atomic E-state index is 0.0185. The van der Waals surface area contributed by atoms with Crippen molar-refractivity contribution in [1.29, 1.82) is 5.26 Å². The Hall–Kier alpha value is -1.37. The van der Waals surface area contributed by atoms with Gasteiger partial charge in [0, 0.05) is 6.20 Å². The summed E-state index contributed by atoms with van der Waals surface area (Å²) < 4.78 is 24.3. The normalized spacial score (nSPS) is 9.80. The second kappa shape index (κ2) is 2.48. The quantitative estimate of drug-likeness (QED) is 0.587. The molecule has 1 aromatic rings. The zero-order valence-corrected chi connectivity index (χ0v) is 4.96. The van der Waals surface area contributed by atoms with Crippen LogP contribution in [-0.2, 0) is 0 Å². The molecule has 0 spiro atoms. The Kier molecular flexibility index (Phi) is 1.67. The first-order chi connectivity index (χ1) is 4.75. The molecule has 0 radical (unpaired) electrons. The molecular weight excluding hydrogens is 138 g/mol. The minimum atomic E-state index is -2.62. The van der Waals surface area contributed by atoms with Crippen molar-refractivity contribution < 1.29 is 8.78 Å². The molecule has 0 saturated carbocycles. The van der Waals surface area contributed by atoms with Gasteiger partial charge in [-0.05, 0) is 12.1 Å². The summed E-state index contributed by atoms with van der Waals surface area (Å²) in [5, 5.41) is 8.25. The van der Waals surface area contributed by atoms with E-state index in [0.29, 0.717) is 4.57 Å². The maximum absolute atomic E-state index is 11.9. The van der Waals surface area contributed by atoms with Crippen LogP contribution in [0.15, 0.2) is 18.3 Å². The fourth-order valence-corrected chi connectivity index (χ4v) is 0.658. The van der Waals surface area contributed by atoms with Crippen molar-refractivity contribution in [1.82, 2.24) is 4.57 Å². The molecule has 2 nitrogen and oxygen atoms in total. The largest absolute Gasteiger partial charge is 0.319 e. The third-order valence-corrected chi connectivity index (χ3v) is 1.10. The second-order valence-corrected chi connectivity index (χ2v) is 1.69. The van der Waals surface area contributed by atoms with Gasteiger partial charge in [0.2, 0.25) is 0 Å². The van der Waals surface area contributed by atoms with E-state index in [4.69, 9.17) is 5.26 Å². The standard InChI is InChI=1S/C6H4F2N2/c7-6(8)10-3-1-2-5(10)4-9/h1-3,6H. The number of rotatable bonds is 1. The van der Waals surface area contributed by atoms with Crippen LogP contribution in [0.3, 0.4) is 0 Å². The van der Waals surface area contributed by atoms with E-state index in [-0.39, 0.29) is 5.69 Å². The summed E-state index contributed by atoms with van der Waals surface area (Å²) in [4.78, 5) is 0. The molecule has 1 rings (SSSR count). The van der Waals surface area contributed by atoms with Gasteiger partial charge < -0.3 is 0 Å².